The van der Waals surface area contributed by atoms with Crippen molar-refractivity contribution >= 4 is 30.9 Å². The lowest BCUT2D eigenvalue weighted by atomic mass is 9.77. The number of aliphatic imine (C=N–C) groups is 1. The van der Waals surface area contributed by atoms with E-state index in [4.69, 9.17) is 9.31 Å². The van der Waals surface area contributed by atoms with Crippen LogP contribution in [0.4, 0.5) is 5.69 Å². The van der Waals surface area contributed by atoms with Crippen molar-refractivity contribution in [3.8, 4) is 0 Å². The van der Waals surface area contributed by atoms with Gasteiger partial charge in [-0.3, -0.25) is 4.79 Å². The fourth-order valence-corrected chi connectivity index (χ4v) is 2.34. The predicted octanol–water partition coefficient (Wildman–Crippen LogP) is 2.80. The number of carbonyl (C=O) groups excluding carboxylic acids is 2. The molecule has 1 saturated heterocycles. The van der Waals surface area contributed by atoms with Gasteiger partial charge in [-0.2, -0.15) is 4.99 Å². The molecule has 0 aliphatic carbocycles. The average Bonchev–Trinajstić information content (AvgIpc) is 2.73. The van der Waals surface area contributed by atoms with Gasteiger partial charge >= 0.3 is 7.12 Å². The van der Waals surface area contributed by atoms with Crippen LogP contribution in [0.1, 0.15) is 40.2 Å². The van der Waals surface area contributed by atoms with Crippen LogP contribution in [0.2, 0.25) is 0 Å². The number of isocyanates is 1. The second-order valence-corrected chi connectivity index (χ2v) is 7.01. The molecule has 2 rings (SSSR count). The number of hydrogen-bond donors (Lipinski definition) is 1. The monoisotopic (exact) mass is 342 g/mol. The molecule has 1 fully saturated rings. The van der Waals surface area contributed by atoms with Crippen LogP contribution in [0, 0.1) is 0 Å². The lowest BCUT2D eigenvalue weighted by molar-refractivity contribution is -0.118. The Morgan fingerprint density at radius 3 is 2.24 bits per heavy atom. The third-order valence-electron chi connectivity index (χ3n) is 4.52. The van der Waals surface area contributed by atoms with E-state index in [1.807, 2.05) is 45.9 Å². The van der Waals surface area contributed by atoms with Gasteiger partial charge in [-0.1, -0.05) is 18.2 Å². The first-order valence-electron chi connectivity index (χ1n) is 8.13. The van der Waals surface area contributed by atoms with Gasteiger partial charge in [0.25, 0.3) is 0 Å². The minimum absolute atomic E-state index is 0.127. The number of rotatable bonds is 5. The molecule has 0 aromatic heterocycles. The van der Waals surface area contributed by atoms with Crippen molar-refractivity contribution in [1.29, 1.82) is 0 Å². The number of benzene rings is 1. The molecule has 6 nitrogen and oxygen atoms in total. The lowest BCUT2D eigenvalue weighted by Gasteiger charge is -2.32. The molecule has 1 heterocycles. The smallest absolute Gasteiger partial charge is 0.400 e. The van der Waals surface area contributed by atoms with Crippen molar-refractivity contribution in [2.45, 2.75) is 45.8 Å². The number of amides is 1. The molecule has 1 aromatic rings. The summed E-state index contributed by atoms with van der Waals surface area (Å²) < 4.78 is 12.2. The molecule has 25 heavy (non-hydrogen) atoms. The Bertz CT molecular complexity index is 703. The maximum atomic E-state index is 11.3. The average molecular weight is 342 g/mol. The van der Waals surface area contributed by atoms with E-state index in [1.54, 1.807) is 12.1 Å². The van der Waals surface area contributed by atoms with Crippen LogP contribution in [0.25, 0.3) is 6.08 Å². The van der Waals surface area contributed by atoms with Gasteiger partial charge in [-0.15, -0.1) is 0 Å². The Labute approximate surface area is 148 Å². The Balaban J connectivity index is 2.29. The van der Waals surface area contributed by atoms with Gasteiger partial charge in [0.05, 0.1) is 16.9 Å². The number of carbonyl (C=O) groups is 1. The van der Waals surface area contributed by atoms with Gasteiger partial charge in [0.1, 0.15) is 0 Å². The number of nitrogens with zero attached hydrogens (tertiary/aromatic N) is 1. The molecule has 0 unspecified atom stereocenters. The van der Waals surface area contributed by atoms with Crippen LogP contribution in [-0.4, -0.2) is 36.9 Å². The number of hydrogen-bond acceptors (Lipinski definition) is 5. The standard InChI is InChI=1S/C18H23BN2O4/c1-13(23)20-11-15(19-24-17(2,3)18(4,5)25-19)10-14-6-8-16(9-7-14)21-12-22/h6-10H,11H2,1-5H3,(H,20,23). The van der Waals surface area contributed by atoms with Gasteiger partial charge in [-0.05, 0) is 50.9 Å². The second-order valence-electron chi connectivity index (χ2n) is 7.01. The van der Waals surface area contributed by atoms with Crippen LogP contribution >= 0.6 is 0 Å². The van der Waals surface area contributed by atoms with Gasteiger partial charge in [-0.25, -0.2) is 4.79 Å². The zero-order valence-electron chi connectivity index (χ0n) is 15.3. The van der Waals surface area contributed by atoms with Crippen molar-refractivity contribution in [3.05, 3.63) is 35.3 Å². The maximum Gasteiger partial charge on any atom is 0.492 e. The molecule has 0 radical (unpaired) electrons. The minimum atomic E-state index is -0.551. The lowest BCUT2D eigenvalue weighted by Crippen LogP contribution is -2.41. The Kier molecular flexibility index (Phi) is 5.63. The zero-order chi connectivity index (χ0) is 18.7. The van der Waals surface area contributed by atoms with Gasteiger partial charge in [0, 0.05) is 13.5 Å². The first-order chi connectivity index (χ1) is 11.6. The van der Waals surface area contributed by atoms with Gasteiger partial charge in [0.15, 0.2) is 0 Å². The summed E-state index contributed by atoms with van der Waals surface area (Å²) in [4.78, 5) is 25.2. The molecule has 0 atom stereocenters. The number of nitrogens with one attached hydrogen (secondary N) is 1. The quantitative estimate of drug-likeness (QED) is 0.507. The summed E-state index contributed by atoms with van der Waals surface area (Å²) in [6.07, 6.45) is 3.42. The van der Waals surface area contributed by atoms with Crippen LogP contribution in [0.5, 0.6) is 0 Å². The Morgan fingerprint density at radius 1 is 1.20 bits per heavy atom. The summed E-state index contributed by atoms with van der Waals surface area (Å²) in [5.41, 5.74) is 1.30. The van der Waals surface area contributed by atoms with Crippen LogP contribution < -0.4 is 5.32 Å². The van der Waals surface area contributed by atoms with E-state index in [9.17, 15) is 9.59 Å². The van der Waals surface area contributed by atoms with Crippen molar-refractivity contribution < 1.29 is 18.9 Å². The zero-order valence-corrected chi connectivity index (χ0v) is 15.3. The third kappa shape index (κ3) is 4.66. The highest BCUT2D eigenvalue weighted by molar-refractivity contribution is 6.56. The van der Waals surface area contributed by atoms with E-state index in [0.29, 0.717) is 12.2 Å². The summed E-state index contributed by atoms with van der Waals surface area (Å²) >= 11 is 0. The van der Waals surface area contributed by atoms with Crippen LogP contribution in [-0.2, 0) is 18.9 Å². The van der Waals surface area contributed by atoms with E-state index in [0.717, 1.165) is 11.0 Å². The molecule has 1 amide bonds. The predicted molar refractivity (Wildman–Crippen MR) is 97.0 cm³/mol. The molecule has 0 bridgehead atoms. The van der Waals surface area contributed by atoms with E-state index in [-0.39, 0.29) is 5.91 Å². The Hall–Kier alpha value is -2.21. The normalized spacial score (nSPS) is 18.6. The molecule has 1 aliphatic heterocycles. The molecule has 1 aliphatic rings. The first kappa shape index (κ1) is 19.1. The van der Waals surface area contributed by atoms with E-state index in [1.165, 1.54) is 13.0 Å². The minimum Gasteiger partial charge on any atom is -0.400 e. The fraction of sp³-hybridized carbons (Fsp3) is 0.444. The highest BCUT2D eigenvalue weighted by atomic mass is 16.7. The Morgan fingerprint density at radius 2 is 1.76 bits per heavy atom. The van der Waals surface area contributed by atoms with E-state index >= 15 is 0 Å². The molecular formula is C18H23BN2O4. The fourth-order valence-electron chi connectivity index (χ4n) is 2.34. The molecular weight excluding hydrogens is 319 g/mol. The summed E-state index contributed by atoms with van der Waals surface area (Å²) in [5.74, 6) is -0.127. The SMILES string of the molecule is CC(=O)NCC(=Cc1ccc(N=C=O)cc1)B1OC(C)(C)C(C)(C)O1. The second kappa shape index (κ2) is 7.36. The van der Waals surface area contributed by atoms with Crippen molar-refractivity contribution in [2.24, 2.45) is 4.99 Å². The molecule has 7 heteroatoms. The molecule has 132 valence electrons. The topological polar surface area (TPSA) is 77.0 Å². The summed E-state index contributed by atoms with van der Waals surface area (Å²) in [7, 11) is -0.551. The van der Waals surface area contributed by atoms with Crippen molar-refractivity contribution in [1.82, 2.24) is 5.32 Å². The first-order valence-corrected chi connectivity index (χ1v) is 8.13. The molecule has 0 spiro atoms. The van der Waals surface area contributed by atoms with Crippen LogP contribution in [0.15, 0.2) is 34.7 Å². The summed E-state index contributed by atoms with van der Waals surface area (Å²) in [6.45, 7) is 9.71. The van der Waals surface area contributed by atoms with Gasteiger partial charge in [0.2, 0.25) is 12.0 Å². The molecule has 1 N–H and O–H groups in total. The van der Waals surface area contributed by atoms with Crippen molar-refractivity contribution in [2.75, 3.05) is 6.54 Å². The molecule has 0 saturated carbocycles. The van der Waals surface area contributed by atoms with E-state index < -0.39 is 18.3 Å². The van der Waals surface area contributed by atoms with Crippen molar-refractivity contribution in [3.63, 3.8) is 0 Å². The summed E-state index contributed by atoms with van der Waals surface area (Å²) in [5, 5.41) is 2.79. The third-order valence-corrected chi connectivity index (χ3v) is 4.52. The van der Waals surface area contributed by atoms with Gasteiger partial charge < -0.3 is 14.6 Å². The highest BCUT2D eigenvalue weighted by Crippen LogP contribution is 2.38. The van der Waals surface area contributed by atoms with Crippen LogP contribution in [0.3, 0.4) is 0 Å². The van der Waals surface area contributed by atoms with E-state index in [2.05, 4.69) is 10.3 Å². The molecule has 1 aromatic carbocycles. The highest BCUT2D eigenvalue weighted by Gasteiger charge is 2.52. The summed E-state index contributed by atoms with van der Waals surface area (Å²) in [6, 6.07) is 7.10. The maximum absolute atomic E-state index is 11.3. The largest absolute Gasteiger partial charge is 0.492 e.